The van der Waals surface area contributed by atoms with Crippen LogP contribution in [0.3, 0.4) is 0 Å². The number of nitrogens with one attached hydrogen (secondary N) is 1. The zero-order valence-corrected chi connectivity index (χ0v) is 10.4. The van der Waals surface area contributed by atoms with Crippen LogP contribution in [-0.2, 0) is 0 Å². The molecule has 1 aromatic heterocycles. The highest BCUT2D eigenvalue weighted by Crippen LogP contribution is 2.26. The molecule has 0 radical (unpaired) electrons. The van der Waals surface area contributed by atoms with E-state index in [-0.39, 0.29) is 29.2 Å². The molecule has 7 nitrogen and oxygen atoms in total. The maximum atomic E-state index is 11.0. The van der Waals surface area contributed by atoms with Gasteiger partial charge in [-0.2, -0.15) is 5.26 Å². The molecule has 3 N–H and O–H groups in total. The van der Waals surface area contributed by atoms with E-state index in [0.717, 1.165) is 25.7 Å². The number of pyridine rings is 1. The van der Waals surface area contributed by atoms with Gasteiger partial charge >= 0.3 is 5.69 Å². The second-order valence-electron chi connectivity index (χ2n) is 4.72. The topological polar surface area (TPSA) is 118 Å². The minimum atomic E-state index is -0.523. The van der Waals surface area contributed by atoms with E-state index in [9.17, 15) is 10.1 Å². The van der Waals surface area contributed by atoms with Gasteiger partial charge in [0, 0.05) is 24.3 Å². The van der Waals surface area contributed by atoms with E-state index in [1.54, 1.807) is 0 Å². The Kier molecular flexibility index (Phi) is 3.92. The van der Waals surface area contributed by atoms with E-state index in [1.807, 2.05) is 6.07 Å². The van der Waals surface area contributed by atoms with Crippen LogP contribution >= 0.6 is 0 Å². The third-order valence-corrected chi connectivity index (χ3v) is 3.31. The van der Waals surface area contributed by atoms with Crippen molar-refractivity contribution in [3.63, 3.8) is 0 Å². The lowest BCUT2D eigenvalue weighted by molar-refractivity contribution is -0.384. The molecule has 0 spiro atoms. The molecule has 0 unspecified atom stereocenters. The molecule has 0 atom stereocenters. The van der Waals surface area contributed by atoms with Gasteiger partial charge in [0.1, 0.15) is 6.07 Å². The van der Waals surface area contributed by atoms with Crippen LogP contribution in [0.2, 0.25) is 0 Å². The summed E-state index contributed by atoms with van der Waals surface area (Å²) in [6.45, 7) is 0. The third kappa shape index (κ3) is 3.17. The Morgan fingerprint density at radius 3 is 2.74 bits per heavy atom. The number of hydrogen-bond acceptors (Lipinski definition) is 6. The van der Waals surface area contributed by atoms with Gasteiger partial charge in [0.05, 0.1) is 10.5 Å². The van der Waals surface area contributed by atoms with Crippen LogP contribution in [0.15, 0.2) is 12.3 Å². The van der Waals surface area contributed by atoms with Gasteiger partial charge < -0.3 is 11.1 Å². The highest BCUT2D eigenvalue weighted by molar-refractivity contribution is 5.58. The molecule has 1 fully saturated rings. The second-order valence-corrected chi connectivity index (χ2v) is 4.72. The van der Waals surface area contributed by atoms with Crippen molar-refractivity contribution in [3.05, 3.63) is 27.9 Å². The maximum absolute atomic E-state index is 11.0. The van der Waals surface area contributed by atoms with Crippen molar-refractivity contribution in [3.8, 4) is 6.07 Å². The van der Waals surface area contributed by atoms with E-state index < -0.39 is 4.92 Å². The van der Waals surface area contributed by atoms with Crippen molar-refractivity contribution >= 4 is 11.5 Å². The number of hydrogen-bond donors (Lipinski definition) is 2. The number of anilines is 1. The molecule has 1 aliphatic rings. The number of nitrogens with zero attached hydrogens (tertiary/aromatic N) is 3. The first-order valence-electron chi connectivity index (χ1n) is 6.17. The van der Waals surface area contributed by atoms with E-state index in [1.165, 1.54) is 12.3 Å². The Morgan fingerprint density at radius 2 is 2.16 bits per heavy atom. The van der Waals surface area contributed by atoms with Crippen molar-refractivity contribution in [2.75, 3.05) is 5.32 Å². The predicted octanol–water partition coefficient (Wildman–Crippen LogP) is 1.54. The first-order valence-corrected chi connectivity index (χ1v) is 6.17. The van der Waals surface area contributed by atoms with Gasteiger partial charge in [-0.3, -0.25) is 10.1 Å². The number of rotatable bonds is 3. The summed E-state index contributed by atoms with van der Waals surface area (Å²) < 4.78 is 0. The zero-order valence-electron chi connectivity index (χ0n) is 10.4. The summed E-state index contributed by atoms with van der Waals surface area (Å²) in [7, 11) is 0. The average Bonchev–Trinajstić information content (AvgIpc) is 2.41. The summed E-state index contributed by atoms with van der Waals surface area (Å²) in [4.78, 5) is 14.4. The van der Waals surface area contributed by atoms with Gasteiger partial charge in [-0.15, -0.1) is 0 Å². The first kappa shape index (κ1) is 13.2. The minimum absolute atomic E-state index is 0.152. The van der Waals surface area contributed by atoms with Crippen LogP contribution in [-0.4, -0.2) is 22.0 Å². The molecule has 0 aliphatic heterocycles. The van der Waals surface area contributed by atoms with Crippen molar-refractivity contribution in [2.45, 2.75) is 37.8 Å². The SMILES string of the molecule is N#Cc1cnc(NC2CCC(N)CC2)c([N+](=O)[O-])c1. The molecule has 1 saturated carbocycles. The molecule has 0 amide bonds. The number of nitrogens with two attached hydrogens (primary N) is 1. The molecule has 0 bridgehead atoms. The van der Waals surface area contributed by atoms with Crippen LogP contribution < -0.4 is 11.1 Å². The van der Waals surface area contributed by atoms with Crippen LogP contribution in [0, 0.1) is 21.4 Å². The quantitative estimate of drug-likeness (QED) is 0.629. The second kappa shape index (κ2) is 5.63. The van der Waals surface area contributed by atoms with Gasteiger partial charge in [0.25, 0.3) is 0 Å². The lowest BCUT2D eigenvalue weighted by atomic mass is 9.92. The lowest BCUT2D eigenvalue weighted by Gasteiger charge is -2.26. The van der Waals surface area contributed by atoms with Gasteiger partial charge in [-0.25, -0.2) is 4.98 Å². The van der Waals surface area contributed by atoms with Gasteiger partial charge in [0.2, 0.25) is 5.82 Å². The summed E-state index contributed by atoms with van der Waals surface area (Å²) in [5.74, 6) is 0.226. The van der Waals surface area contributed by atoms with E-state index in [2.05, 4.69) is 10.3 Å². The Labute approximate surface area is 110 Å². The maximum Gasteiger partial charge on any atom is 0.312 e. The first-order chi connectivity index (χ1) is 9.10. The molecule has 1 aromatic rings. The monoisotopic (exact) mass is 261 g/mol. The average molecular weight is 261 g/mol. The van der Waals surface area contributed by atoms with Crippen LogP contribution in [0.5, 0.6) is 0 Å². The molecule has 7 heteroatoms. The van der Waals surface area contributed by atoms with Crippen molar-refractivity contribution in [1.29, 1.82) is 5.26 Å². The fraction of sp³-hybridized carbons (Fsp3) is 0.500. The highest BCUT2D eigenvalue weighted by atomic mass is 16.6. The predicted molar refractivity (Wildman–Crippen MR) is 69.5 cm³/mol. The van der Waals surface area contributed by atoms with Crippen LogP contribution in [0.4, 0.5) is 11.5 Å². The highest BCUT2D eigenvalue weighted by Gasteiger charge is 2.23. The van der Waals surface area contributed by atoms with Crippen molar-refractivity contribution in [2.24, 2.45) is 5.73 Å². The molecular formula is C12H15N5O2. The van der Waals surface area contributed by atoms with Crippen molar-refractivity contribution in [1.82, 2.24) is 4.98 Å². The Balaban J connectivity index is 2.16. The van der Waals surface area contributed by atoms with Crippen LogP contribution in [0.25, 0.3) is 0 Å². The van der Waals surface area contributed by atoms with E-state index in [0.29, 0.717) is 0 Å². The fourth-order valence-corrected chi connectivity index (χ4v) is 2.22. The number of nitro groups is 1. The number of nitriles is 1. The van der Waals surface area contributed by atoms with E-state index in [4.69, 9.17) is 11.0 Å². The lowest BCUT2D eigenvalue weighted by Crippen LogP contribution is -2.33. The van der Waals surface area contributed by atoms with Gasteiger partial charge in [-0.1, -0.05) is 0 Å². The van der Waals surface area contributed by atoms with Gasteiger partial charge in [-0.05, 0) is 25.7 Å². The molecule has 2 rings (SSSR count). The smallest absolute Gasteiger partial charge is 0.312 e. The fourth-order valence-electron chi connectivity index (χ4n) is 2.22. The normalized spacial score (nSPS) is 22.5. The standard InChI is InChI=1S/C12H15N5O2/c13-6-8-5-11(17(18)19)12(15-7-8)16-10-3-1-9(14)2-4-10/h5,7,9-10H,1-4,14H2,(H,15,16). The Bertz CT molecular complexity index is 517. The van der Waals surface area contributed by atoms with E-state index >= 15 is 0 Å². The Morgan fingerprint density at radius 1 is 1.47 bits per heavy atom. The third-order valence-electron chi connectivity index (χ3n) is 3.31. The summed E-state index contributed by atoms with van der Waals surface area (Å²) >= 11 is 0. The summed E-state index contributed by atoms with van der Waals surface area (Å²) in [5.41, 5.74) is 5.84. The molecule has 1 aliphatic carbocycles. The summed E-state index contributed by atoms with van der Waals surface area (Å²) in [5, 5.41) is 22.8. The summed E-state index contributed by atoms with van der Waals surface area (Å²) in [6.07, 6.45) is 4.90. The molecular weight excluding hydrogens is 246 g/mol. The van der Waals surface area contributed by atoms with Crippen molar-refractivity contribution < 1.29 is 4.92 Å². The van der Waals surface area contributed by atoms with Gasteiger partial charge in [0.15, 0.2) is 0 Å². The molecule has 100 valence electrons. The zero-order chi connectivity index (χ0) is 13.8. The minimum Gasteiger partial charge on any atom is -0.362 e. The molecule has 1 heterocycles. The number of aromatic nitrogens is 1. The molecule has 0 saturated heterocycles. The molecule has 19 heavy (non-hydrogen) atoms. The Hall–Kier alpha value is -2.20. The summed E-state index contributed by atoms with van der Waals surface area (Å²) in [6, 6.07) is 3.46. The largest absolute Gasteiger partial charge is 0.362 e. The molecule has 0 aromatic carbocycles. The van der Waals surface area contributed by atoms with Crippen LogP contribution in [0.1, 0.15) is 31.2 Å².